The summed E-state index contributed by atoms with van der Waals surface area (Å²) in [5.41, 5.74) is 0. The Kier molecular flexibility index (Phi) is 8.24. The maximum atomic E-state index is 10.4. The fraction of sp³-hybridized carbons (Fsp3) is 0.400. The Hall–Kier alpha value is -0.590. The zero-order valence-corrected chi connectivity index (χ0v) is 8.84. The van der Waals surface area contributed by atoms with Crippen LogP contribution in [0.15, 0.2) is 0 Å². The molecule has 0 unspecified atom stereocenters. The summed E-state index contributed by atoms with van der Waals surface area (Å²) in [5, 5.41) is 13.4. The first kappa shape index (κ1) is 14.0. The zero-order chi connectivity index (χ0) is 8.85. The van der Waals surface area contributed by atoms with Crippen LogP contribution in [0, 0.1) is 0 Å². The molecular formula is C5H7N2NaO4. The van der Waals surface area contributed by atoms with Crippen LogP contribution in [-0.2, 0) is 9.59 Å². The molecule has 3 amide bonds. The molecule has 0 saturated carbocycles. The second-order valence-electron chi connectivity index (χ2n) is 1.74. The summed E-state index contributed by atoms with van der Waals surface area (Å²) in [6.45, 7) is 0.526. The Balaban J connectivity index is 0. The molecule has 6 nitrogen and oxygen atoms in total. The molecule has 0 aromatic heterocycles. The van der Waals surface area contributed by atoms with E-state index in [9.17, 15) is 19.5 Å². The second-order valence-corrected chi connectivity index (χ2v) is 1.74. The van der Waals surface area contributed by atoms with Gasteiger partial charge in [0.15, 0.2) is 0 Å². The smallest absolute Gasteiger partial charge is 0.548 e. The van der Waals surface area contributed by atoms with Crippen LogP contribution < -0.4 is 45.3 Å². The first-order chi connectivity index (χ1) is 5.02. The molecule has 0 saturated heterocycles. The summed E-state index contributed by atoms with van der Waals surface area (Å²) in [6.07, 6.45) is 0. The first-order valence-corrected chi connectivity index (χ1v) is 2.77. The minimum Gasteiger partial charge on any atom is -0.548 e. The number of urea groups is 1. The minimum atomic E-state index is -1.41. The van der Waals surface area contributed by atoms with Crippen molar-refractivity contribution in [3.63, 3.8) is 0 Å². The molecule has 0 radical (unpaired) electrons. The summed E-state index contributed by atoms with van der Waals surface area (Å²) in [6, 6.07) is -0.846. The Morgan fingerprint density at radius 2 is 1.83 bits per heavy atom. The van der Waals surface area contributed by atoms with Crippen molar-refractivity contribution in [2.24, 2.45) is 0 Å². The van der Waals surface area contributed by atoms with Crippen LogP contribution in [0.1, 0.15) is 6.92 Å². The molecule has 0 bridgehead atoms. The normalized spacial score (nSPS) is 7.75. The molecule has 0 heterocycles. The maximum Gasteiger partial charge on any atom is 1.00 e. The van der Waals surface area contributed by atoms with Gasteiger partial charge in [-0.15, -0.1) is 0 Å². The van der Waals surface area contributed by atoms with E-state index in [0.29, 0.717) is 0 Å². The van der Waals surface area contributed by atoms with Crippen molar-refractivity contribution in [2.45, 2.75) is 6.92 Å². The molecule has 0 aliphatic rings. The molecule has 0 rings (SSSR count). The van der Waals surface area contributed by atoms with Gasteiger partial charge in [0.25, 0.3) is 0 Å². The molecule has 12 heavy (non-hydrogen) atoms. The molecule has 0 spiro atoms. The summed E-state index contributed by atoms with van der Waals surface area (Å²) >= 11 is 0. The number of nitrogens with one attached hydrogen (secondary N) is 2. The average Bonchev–Trinajstić information content (AvgIpc) is 1.82. The summed E-state index contributed by atoms with van der Waals surface area (Å²) in [7, 11) is 0. The third-order valence-corrected chi connectivity index (χ3v) is 0.683. The van der Waals surface area contributed by atoms with Crippen molar-refractivity contribution in [3.05, 3.63) is 0 Å². The maximum absolute atomic E-state index is 10.4. The zero-order valence-electron chi connectivity index (χ0n) is 6.84. The van der Waals surface area contributed by atoms with E-state index < -0.39 is 24.5 Å². The van der Waals surface area contributed by atoms with Gasteiger partial charge in [-0.25, -0.2) is 4.79 Å². The van der Waals surface area contributed by atoms with E-state index in [2.05, 4.69) is 0 Å². The SMILES string of the molecule is CC(=O)NC(=O)NCC(=O)[O-].[Na+]. The van der Waals surface area contributed by atoms with Crippen LogP contribution in [0.25, 0.3) is 0 Å². The topological polar surface area (TPSA) is 98.3 Å². The Labute approximate surface area is 91.0 Å². The van der Waals surface area contributed by atoms with E-state index in [0.717, 1.165) is 6.92 Å². The first-order valence-electron chi connectivity index (χ1n) is 2.77. The second kappa shape index (κ2) is 7.08. The average molecular weight is 182 g/mol. The number of rotatable bonds is 2. The van der Waals surface area contributed by atoms with Gasteiger partial charge in [0.1, 0.15) is 0 Å². The molecular weight excluding hydrogens is 175 g/mol. The molecule has 2 N–H and O–H groups in total. The molecule has 0 fully saturated rings. The van der Waals surface area contributed by atoms with E-state index in [1.54, 1.807) is 0 Å². The minimum absolute atomic E-state index is 0. The summed E-state index contributed by atoms with van der Waals surface area (Å²) in [5.74, 6) is -1.97. The van der Waals surface area contributed by atoms with E-state index in [-0.39, 0.29) is 29.6 Å². The number of carbonyl (C=O) groups is 3. The summed E-state index contributed by atoms with van der Waals surface area (Å²) in [4.78, 5) is 30.3. The molecule has 0 aliphatic carbocycles. The van der Waals surface area contributed by atoms with Crippen LogP contribution in [0.2, 0.25) is 0 Å². The molecule has 0 aromatic rings. The van der Waals surface area contributed by atoms with Crippen molar-refractivity contribution in [1.29, 1.82) is 0 Å². The van der Waals surface area contributed by atoms with Gasteiger partial charge in [0.2, 0.25) is 5.91 Å². The van der Waals surface area contributed by atoms with Crippen molar-refractivity contribution in [1.82, 2.24) is 10.6 Å². The van der Waals surface area contributed by atoms with E-state index in [1.807, 2.05) is 10.6 Å². The molecule has 0 atom stereocenters. The van der Waals surface area contributed by atoms with Crippen LogP contribution in [-0.4, -0.2) is 24.5 Å². The standard InChI is InChI=1S/C5H8N2O4.Na/c1-3(8)7-5(11)6-2-4(9)10;/h2H2,1H3,(H,9,10)(H2,6,7,8,11);/q;+1/p-1. The predicted octanol–water partition coefficient (Wildman–Crippen LogP) is -5.41. The third-order valence-electron chi connectivity index (χ3n) is 0.683. The number of carboxylic acid groups (broad SMARTS) is 1. The van der Waals surface area contributed by atoms with Gasteiger partial charge in [0.05, 0.1) is 12.5 Å². The van der Waals surface area contributed by atoms with Crippen molar-refractivity contribution < 1.29 is 49.0 Å². The number of amides is 3. The monoisotopic (exact) mass is 182 g/mol. The molecule has 0 aliphatic heterocycles. The van der Waals surface area contributed by atoms with Gasteiger partial charge < -0.3 is 15.2 Å². The Bertz CT molecular complexity index is 194. The fourth-order valence-electron chi connectivity index (χ4n) is 0.357. The van der Waals surface area contributed by atoms with Gasteiger partial charge in [0, 0.05) is 6.92 Å². The number of hydrogen-bond acceptors (Lipinski definition) is 4. The van der Waals surface area contributed by atoms with Gasteiger partial charge in [-0.1, -0.05) is 0 Å². The largest absolute Gasteiger partial charge is 1.00 e. The number of aliphatic carboxylic acids is 1. The van der Waals surface area contributed by atoms with Crippen molar-refractivity contribution in [2.75, 3.05) is 6.54 Å². The van der Waals surface area contributed by atoms with Crippen LogP contribution >= 0.6 is 0 Å². The Morgan fingerprint density at radius 3 is 2.17 bits per heavy atom. The summed E-state index contributed by atoms with van der Waals surface area (Å²) < 4.78 is 0. The van der Waals surface area contributed by atoms with E-state index in [4.69, 9.17) is 0 Å². The van der Waals surface area contributed by atoms with Crippen LogP contribution in [0.4, 0.5) is 4.79 Å². The predicted molar refractivity (Wildman–Crippen MR) is 32.2 cm³/mol. The number of hydrogen-bond donors (Lipinski definition) is 2. The number of carboxylic acids is 1. The fourth-order valence-corrected chi connectivity index (χ4v) is 0.357. The van der Waals surface area contributed by atoms with Crippen molar-refractivity contribution >= 4 is 17.9 Å². The number of carbonyl (C=O) groups excluding carboxylic acids is 3. The van der Waals surface area contributed by atoms with Crippen LogP contribution in [0.3, 0.4) is 0 Å². The number of imide groups is 1. The van der Waals surface area contributed by atoms with E-state index >= 15 is 0 Å². The van der Waals surface area contributed by atoms with E-state index in [1.165, 1.54) is 0 Å². The quantitative estimate of drug-likeness (QED) is 0.416. The van der Waals surface area contributed by atoms with Gasteiger partial charge >= 0.3 is 35.6 Å². The van der Waals surface area contributed by atoms with Crippen molar-refractivity contribution in [3.8, 4) is 0 Å². The third kappa shape index (κ3) is 9.41. The Morgan fingerprint density at radius 1 is 1.33 bits per heavy atom. The van der Waals surface area contributed by atoms with Gasteiger partial charge in [-0.2, -0.15) is 0 Å². The van der Waals surface area contributed by atoms with Gasteiger partial charge in [-0.3, -0.25) is 10.1 Å². The van der Waals surface area contributed by atoms with Crippen LogP contribution in [0.5, 0.6) is 0 Å². The van der Waals surface area contributed by atoms with Gasteiger partial charge in [-0.05, 0) is 0 Å². The molecule has 7 heteroatoms. The molecule has 62 valence electrons. The molecule has 0 aromatic carbocycles.